The van der Waals surface area contributed by atoms with Crippen LogP contribution in [0.2, 0.25) is 0 Å². The van der Waals surface area contributed by atoms with Crippen LogP contribution in [-0.4, -0.2) is 57.5 Å². The van der Waals surface area contributed by atoms with Gasteiger partial charge in [-0.1, -0.05) is 38.1 Å². The molecule has 9 nitrogen and oxygen atoms in total. The summed E-state index contributed by atoms with van der Waals surface area (Å²) in [5, 5.41) is 11.7. The molecule has 2 heterocycles. The average molecular weight is 448 g/mol. The Labute approximate surface area is 184 Å². The molecule has 166 valence electrons. The molecule has 2 aliphatic heterocycles. The molecular formula is C21H25N3O6S. The highest BCUT2D eigenvalue weighted by Gasteiger charge is 2.54. The number of nitrogens with two attached hydrogens (primary N) is 1. The molecule has 1 fully saturated rings. The first-order valence-electron chi connectivity index (χ1n) is 9.81. The number of carboxylic acids is 1. The molecule has 0 aromatic heterocycles. The minimum absolute atomic E-state index is 0.200. The lowest BCUT2D eigenvalue weighted by Crippen LogP contribution is -2.71. The number of fused-ring (bicyclic) bond motifs is 1. The molecule has 3 atom stereocenters. The highest BCUT2D eigenvalue weighted by Crippen LogP contribution is 2.40. The second-order valence-corrected chi connectivity index (χ2v) is 8.84. The molecule has 10 heteroatoms. The van der Waals surface area contributed by atoms with Crippen molar-refractivity contribution in [3.63, 3.8) is 0 Å². The van der Waals surface area contributed by atoms with Crippen molar-refractivity contribution in [3.05, 3.63) is 46.7 Å². The lowest BCUT2D eigenvalue weighted by molar-refractivity contribution is -0.151. The Kier molecular flexibility index (Phi) is 6.71. The highest BCUT2D eigenvalue weighted by molar-refractivity contribution is 8.00. The van der Waals surface area contributed by atoms with E-state index in [1.807, 2.05) is 12.1 Å². The van der Waals surface area contributed by atoms with Crippen LogP contribution in [0.25, 0.3) is 0 Å². The van der Waals surface area contributed by atoms with Crippen LogP contribution in [0.4, 0.5) is 0 Å². The number of carbonyl (C=O) groups excluding carboxylic acids is 3. The Balaban J connectivity index is 1.69. The van der Waals surface area contributed by atoms with Crippen molar-refractivity contribution in [1.29, 1.82) is 0 Å². The number of carboxylic acid groups (broad SMARTS) is 1. The molecule has 1 aromatic rings. The summed E-state index contributed by atoms with van der Waals surface area (Å²) < 4.78 is 4.90. The number of nitrogens with zero attached hydrogens (tertiary/aromatic N) is 1. The minimum Gasteiger partial charge on any atom is -0.477 e. The van der Waals surface area contributed by atoms with Crippen LogP contribution in [-0.2, 0) is 23.9 Å². The van der Waals surface area contributed by atoms with Crippen LogP contribution in [0, 0.1) is 0 Å². The number of rotatable bonds is 7. The fourth-order valence-corrected chi connectivity index (χ4v) is 4.79. The van der Waals surface area contributed by atoms with Crippen molar-refractivity contribution < 1.29 is 29.0 Å². The maximum absolute atomic E-state index is 12.7. The number of thioether (sulfide) groups is 1. The van der Waals surface area contributed by atoms with Crippen LogP contribution in [0.5, 0.6) is 0 Å². The van der Waals surface area contributed by atoms with Gasteiger partial charge in [-0.25, -0.2) is 4.79 Å². The predicted molar refractivity (Wildman–Crippen MR) is 114 cm³/mol. The van der Waals surface area contributed by atoms with Crippen molar-refractivity contribution in [1.82, 2.24) is 10.2 Å². The smallest absolute Gasteiger partial charge is 0.352 e. The van der Waals surface area contributed by atoms with E-state index in [4.69, 9.17) is 10.5 Å². The molecule has 3 rings (SSSR count). The van der Waals surface area contributed by atoms with Gasteiger partial charge in [0.15, 0.2) is 0 Å². The second-order valence-electron chi connectivity index (χ2n) is 7.73. The highest BCUT2D eigenvalue weighted by atomic mass is 32.2. The van der Waals surface area contributed by atoms with Gasteiger partial charge >= 0.3 is 11.9 Å². The fraction of sp³-hybridized carbons (Fsp3) is 0.429. The molecule has 1 aromatic carbocycles. The molecule has 0 saturated carbocycles. The molecular weight excluding hydrogens is 422 g/mol. The number of ether oxygens (including phenoxy) is 1. The van der Waals surface area contributed by atoms with E-state index < -0.39 is 41.2 Å². The van der Waals surface area contributed by atoms with Crippen LogP contribution in [0.1, 0.15) is 43.9 Å². The number of β-lactam (4-membered cyclic amide) rings is 1. The summed E-state index contributed by atoms with van der Waals surface area (Å²) in [7, 11) is 0. The molecule has 0 bridgehead atoms. The van der Waals surface area contributed by atoms with Crippen LogP contribution >= 0.6 is 11.8 Å². The molecule has 31 heavy (non-hydrogen) atoms. The van der Waals surface area contributed by atoms with Crippen molar-refractivity contribution in [2.24, 2.45) is 5.73 Å². The average Bonchev–Trinajstić information content (AvgIpc) is 2.74. The van der Waals surface area contributed by atoms with E-state index in [2.05, 4.69) is 19.2 Å². The van der Waals surface area contributed by atoms with E-state index >= 15 is 0 Å². The number of benzene rings is 1. The van der Waals surface area contributed by atoms with Gasteiger partial charge in [0.2, 0.25) is 5.91 Å². The van der Waals surface area contributed by atoms with Crippen LogP contribution in [0.3, 0.4) is 0 Å². The Morgan fingerprint density at radius 1 is 1.26 bits per heavy atom. The summed E-state index contributed by atoms with van der Waals surface area (Å²) in [6, 6.07) is 5.57. The SMILES string of the molecule is CC(=O)OCC1=C(C(=O)O)N2C(=O)[C@@H](NC(=O)C(N)c3ccc(C(C)C)cc3)[C@H]2SC1. The molecule has 1 saturated heterocycles. The largest absolute Gasteiger partial charge is 0.477 e. The Bertz CT molecular complexity index is 943. The topological polar surface area (TPSA) is 139 Å². The number of aliphatic carboxylic acids is 1. The van der Waals surface area contributed by atoms with Gasteiger partial charge in [-0.15, -0.1) is 11.8 Å². The molecule has 2 aliphatic rings. The zero-order valence-electron chi connectivity index (χ0n) is 17.5. The Hall–Kier alpha value is -2.85. The van der Waals surface area contributed by atoms with E-state index in [0.29, 0.717) is 17.1 Å². The number of esters is 1. The number of hydrogen-bond acceptors (Lipinski definition) is 7. The van der Waals surface area contributed by atoms with E-state index in [0.717, 1.165) is 10.5 Å². The molecule has 0 spiro atoms. The number of nitrogens with one attached hydrogen (secondary N) is 1. The van der Waals surface area contributed by atoms with Crippen molar-refractivity contribution >= 4 is 35.5 Å². The zero-order chi connectivity index (χ0) is 22.9. The molecule has 1 unspecified atom stereocenters. The van der Waals surface area contributed by atoms with Gasteiger partial charge in [-0.3, -0.25) is 19.3 Å². The third-order valence-electron chi connectivity index (χ3n) is 5.24. The van der Waals surface area contributed by atoms with Gasteiger partial charge < -0.3 is 20.9 Å². The normalized spacial score (nSPS) is 21.3. The summed E-state index contributed by atoms with van der Waals surface area (Å²) in [5.41, 5.74) is 7.96. The Morgan fingerprint density at radius 2 is 1.87 bits per heavy atom. The lowest BCUT2D eigenvalue weighted by Gasteiger charge is -2.49. The number of hydrogen-bond donors (Lipinski definition) is 3. The summed E-state index contributed by atoms with van der Waals surface area (Å²) in [6.45, 7) is 5.15. The molecule has 4 N–H and O–H groups in total. The van der Waals surface area contributed by atoms with E-state index in [1.54, 1.807) is 12.1 Å². The maximum atomic E-state index is 12.7. The zero-order valence-corrected chi connectivity index (χ0v) is 18.3. The van der Waals surface area contributed by atoms with E-state index in [1.165, 1.54) is 18.7 Å². The van der Waals surface area contributed by atoms with Gasteiger partial charge in [0.05, 0.1) is 0 Å². The van der Waals surface area contributed by atoms with Gasteiger partial charge in [0, 0.05) is 18.2 Å². The quantitative estimate of drug-likeness (QED) is 0.417. The van der Waals surface area contributed by atoms with Crippen molar-refractivity contribution in [2.75, 3.05) is 12.4 Å². The number of carbonyl (C=O) groups is 4. The monoisotopic (exact) mass is 447 g/mol. The maximum Gasteiger partial charge on any atom is 0.352 e. The molecule has 2 amide bonds. The van der Waals surface area contributed by atoms with E-state index in [-0.39, 0.29) is 18.1 Å². The first-order valence-corrected chi connectivity index (χ1v) is 10.9. The van der Waals surface area contributed by atoms with Gasteiger partial charge in [-0.05, 0) is 17.0 Å². The summed E-state index contributed by atoms with van der Waals surface area (Å²) in [6.07, 6.45) is 0. The Morgan fingerprint density at radius 3 is 2.42 bits per heavy atom. The van der Waals surface area contributed by atoms with E-state index in [9.17, 15) is 24.3 Å². The number of amides is 2. The molecule has 0 aliphatic carbocycles. The van der Waals surface area contributed by atoms with Crippen molar-refractivity contribution in [2.45, 2.75) is 44.1 Å². The second kappa shape index (κ2) is 9.11. The third-order valence-corrected chi connectivity index (χ3v) is 6.58. The van der Waals surface area contributed by atoms with Gasteiger partial charge in [0.25, 0.3) is 5.91 Å². The van der Waals surface area contributed by atoms with Crippen LogP contribution < -0.4 is 11.1 Å². The predicted octanol–water partition coefficient (Wildman–Crippen LogP) is 1.11. The molecule has 0 radical (unpaired) electrons. The summed E-state index contributed by atoms with van der Waals surface area (Å²) >= 11 is 1.30. The minimum atomic E-state index is -1.28. The van der Waals surface area contributed by atoms with Gasteiger partial charge in [0.1, 0.15) is 29.8 Å². The first-order chi connectivity index (χ1) is 14.6. The van der Waals surface area contributed by atoms with Crippen molar-refractivity contribution in [3.8, 4) is 0 Å². The summed E-state index contributed by atoms with van der Waals surface area (Å²) in [5.74, 6) is -2.26. The lowest BCUT2D eigenvalue weighted by atomic mass is 9.98. The third kappa shape index (κ3) is 4.59. The summed E-state index contributed by atoms with van der Waals surface area (Å²) in [4.78, 5) is 49.2. The standard InChI is InChI=1S/C21H25N3O6S/c1-10(2)12-4-6-13(7-5-12)15(22)18(26)23-16-19(27)24-17(21(28)29)14(8-30-11(3)25)9-31-20(16)24/h4-7,10,15-16,20H,8-9,22H2,1-3H3,(H,23,26)(H,28,29)/t15?,16-,20-/m1/s1. The van der Waals surface area contributed by atoms with Gasteiger partial charge in [-0.2, -0.15) is 0 Å². The van der Waals surface area contributed by atoms with Crippen LogP contribution in [0.15, 0.2) is 35.5 Å². The fourth-order valence-electron chi connectivity index (χ4n) is 3.47. The first kappa shape index (κ1) is 22.8.